The summed E-state index contributed by atoms with van der Waals surface area (Å²) in [5.41, 5.74) is 0. The van der Waals surface area contributed by atoms with Crippen molar-refractivity contribution in [2.24, 2.45) is 0 Å². The van der Waals surface area contributed by atoms with Crippen molar-refractivity contribution >= 4 is 19.8 Å². The van der Waals surface area contributed by atoms with Crippen LogP contribution in [-0.2, 0) is 32.7 Å². The van der Waals surface area contributed by atoms with E-state index in [4.69, 9.17) is 18.5 Å². The fourth-order valence-electron chi connectivity index (χ4n) is 5.67. The first-order valence-corrected chi connectivity index (χ1v) is 21.3. The van der Waals surface area contributed by atoms with Crippen molar-refractivity contribution in [3.05, 3.63) is 36.5 Å². The maximum absolute atomic E-state index is 12.7. The summed E-state index contributed by atoms with van der Waals surface area (Å²) in [6.07, 6.45) is 18.1. The molecule has 1 aliphatic carbocycles. The molecule has 14 heteroatoms. The highest BCUT2D eigenvalue weighted by atomic mass is 31.2. The van der Waals surface area contributed by atoms with Crippen molar-refractivity contribution in [2.45, 2.75) is 185 Å². The van der Waals surface area contributed by atoms with Crippen LogP contribution in [0.5, 0.6) is 0 Å². The van der Waals surface area contributed by atoms with Crippen LogP contribution >= 0.6 is 7.82 Å². The lowest BCUT2D eigenvalue weighted by Gasteiger charge is -2.41. The third-order valence-corrected chi connectivity index (χ3v) is 9.95. The van der Waals surface area contributed by atoms with E-state index < -0.39 is 75.7 Å². The number of aliphatic hydroxyl groups is 5. The topological polar surface area (TPSA) is 210 Å². The number of allylic oxidation sites excluding steroid dienone is 6. The van der Waals surface area contributed by atoms with Gasteiger partial charge >= 0.3 is 19.8 Å². The number of phosphoric acid groups is 1. The minimum atomic E-state index is -5.12. The van der Waals surface area contributed by atoms with Crippen LogP contribution in [0.1, 0.15) is 142 Å². The predicted molar refractivity (Wildman–Crippen MR) is 203 cm³/mol. The Bertz CT molecular complexity index is 1080. The smallest absolute Gasteiger partial charge is 0.462 e. The Morgan fingerprint density at radius 3 is 1.68 bits per heavy atom. The molecule has 0 saturated heterocycles. The fourth-order valence-corrected chi connectivity index (χ4v) is 6.64. The molecule has 53 heavy (non-hydrogen) atoms. The van der Waals surface area contributed by atoms with Gasteiger partial charge < -0.3 is 39.9 Å². The normalized spacial score (nSPS) is 23.8. The first kappa shape index (κ1) is 49.1. The molecule has 0 bridgehead atoms. The highest BCUT2D eigenvalue weighted by Crippen LogP contribution is 2.47. The lowest BCUT2D eigenvalue weighted by molar-refractivity contribution is -0.220. The summed E-state index contributed by atoms with van der Waals surface area (Å²) in [6, 6.07) is 0. The molecule has 7 unspecified atom stereocenters. The minimum Gasteiger partial charge on any atom is -0.462 e. The fraction of sp³-hybridized carbons (Fsp3) is 0.795. The summed E-state index contributed by atoms with van der Waals surface area (Å²) >= 11 is 0. The number of hydrogen-bond donors (Lipinski definition) is 6. The van der Waals surface area contributed by atoms with Crippen LogP contribution in [0.4, 0.5) is 0 Å². The van der Waals surface area contributed by atoms with Crippen LogP contribution in [0.25, 0.3) is 0 Å². The maximum Gasteiger partial charge on any atom is 0.472 e. The van der Waals surface area contributed by atoms with E-state index in [9.17, 15) is 44.6 Å². The summed E-state index contributed by atoms with van der Waals surface area (Å²) in [5, 5.41) is 49.9. The highest BCUT2D eigenvalue weighted by molar-refractivity contribution is 7.47. The quantitative estimate of drug-likeness (QED) is 0.0199. The van der Waals surface area contributed by atoms with Crippen LogP contribution < -0.4 is 0 Å². The van der Waals surface area contributed by atoms with Gasteiger partial charge in [-0.3, -0.25) is 18.6 Å². The SMILES string of the molecule is CCCC/C=C/CCCCCCCC(=O)OCC(COP(=O)(O)OC1C(O)C(O)C(O)[C@@H](O)C1O)OC(=O)CC/C=C/C/C=C/CCCCCCCC. The number of ether oxygens (including phenoxy) is 2. The summed E-state index contributed by atoms with van der Waals surface area (Å²) < 4.78 is 33.2. The zero-order valence-corrected chi connectivity index (χ0v) is 32.9. The average molecular weight is 777 g/mol. The van der Waals surface area contributed by atoms with Crippen molar-refractivity contribution in [3.63, 3.8) is 0 Å². The molecule has 1 fully saturated rings. The van der Waals surface area contributed by atoms with Crippen molar-refractivity contribution in [1.29, 1.82) is 0 Å². The number of rotatable bonds is 31. The minimum absolute atomic E-state index is 0.0111. The van der Waals surface area contributed by atoms with E-state index in [2.05, 4.69) is 38.2 Å². The molecule has 8 atom stereocenters. The molecule has 0 aliphatic heterocycles. The number of unbranched alkanes of at least 4 members (excludes halogenated alkanes) is 13. The van der Waals surface area contributed by atoms with Crippen molar-refractivity contribution in [1.82, 2.24) is 0 Å². The second-order valence-corrected chi connectivity index (χ2v) is 15.2. The van der Waals surface area contributed by atoms with E-state index in [1.54, 1.807) is 0 Å². The number of hydrogen-bond acceptors (Lipinski definition) is 12. The third-order valence-electron chi connectivity index (χ3n) is 8.97. The van der Waals surface area contributed by atoms with Crippen LogP contribution in [0.2, 0.25) is 0 Å². The molecule has 1 saturated carbocycles. The molecular formula is C39H69O13P. The molecule has 1 rings (SSSR count). The Hall–Kier alpha value is -1.93. The zero-order valence-electron chi connectivity index (χ0n) is 32.1. The van der Waals surface area contributed by atoms with Gasteiger partial charge in [0.15, 0.2) is 6.10 Å². The van der Waals surface area contributed by atoms with Gasteiger partial charge in [-0.05, 0) is 51.4 Å². The second-order valence-electron chi connectivity index (χ2n) is 13.8. The molecule has 0 aromatic carbocycles. The van der Waals surface area contributed by atoms with Gasteiger partial charge in [0.2, 0.25) is 0 Å². The summed E-state index contributed by atoms with van der Waals surface area (Å²) in [7, 11) is -5.12. The lowest BCUT2D eigenvalue weighted by atomic mass is 9.85. The lowest BCUT2D eigenvalue weighted by Crippen LogP contribution is -2.64. The Morgan fingerprint density at radius 1 is 0.585 bits per heavy atom. The van der Waals surface area contributed by atoms with E-state index in [1.165, 1.54) is 51.4 Å². The molecule has 13 nitrogen and oxygen atoms in total. The molecule has 0 heterocycles. The standard InChI is InChI=1S/C39H69O13P/c1-3-5-7-9-11-13-15-16-18-20-22-24-26-28-33(41)51-31(29-49-32(40)27-25-23-21-19-17-14-12-10-8-6-4-2)30-50-53(47,48)52-39-37(45)35(43)34(42)36(44)38(39)46/h10,12,16,18,22,24,31,34-39,42-46H,3-9,11,13-15,17,19-21,23,25-30H2,1-2H3,(H,47,48)/b12-10+,18-16+,24-22+/t31?,34?,35-,36?,37?,38?,39?/m1/s1. The third kappa shape index (κ3) is 23.6. The van der Waals surface area contributed by atoms with Crippen LogP contribution in [0, 0.1) is 0 Å². The molecule has 0 aromatic heterocycles. The van der Waals surface area contributed by atoms with Gasteiger partial charge in [0, 0.05) is 12.8 Å². The molecule has 308 valence electrons. The number of esters is 2. The molecular weight excluding hydrogens is 707 g/mol. The summed E-state index contributed by atoms with van der Waals surface area (Å²) in [6.45, 7) is 3.15. The summed E-state index contributed by atoms with van der Waals surface area (Å²) in [4.78, 5) is 35.4. The number of phosphoric ester groups is 1. The zero-order chi connectivity index (χ0) is 39.3. The van der Waals surface area contributed by atoms with Gasteiger partial charge in [-0.25, -0.2) is 4.57 Å². The van der Waals surface area contributed by atoms with Gasteiger partial charge in [-0.2, -0.15) is 0 Å². The average Bonchev–Trinajstić information content (AvgIpc) is 3.13. The van der Waals surface area contributed by atoms with Crippen molar-refractivity contribution in [3.8, 4) is 0 Å². The molecule has 0 amide bonds. The molecule has 0 spiro atoms. The van der Waals surface area contributed by atoms with E-state index in [0.717, 1.165) is 51.4 Å². The van der Waals surface area contributed by atoms with Crippen molar-refractivity contribution < 1.29 is 63.1 Å². The predicted octanol–water partition coefficient (Wildman–Crippen LogP) is 6.27. The van der Waals surface area contributed by atoms with Gasteiger partial charge in [-0.15, -0.1) is 0 Å². The van der Waals surface area contributed by atoms with Crippen LogP contribution in [0.15, 0.2) is 36.5 Å². The van der Waals surface area contributed by atoms with Gasteiger partial charge in [0.25, 0.3) is 0 Å². The monoisotopic (exact) mass is 776 g/mol. The Morgan fingerprint density at radius 2 is 1.08 bits per heavy atom. The van der Waals surface area contributed by atoms with Crippen LogP contribution in [-0.4, -0.2) is 98.3 Å². The van der Waals surface area contributed by atoms with Crippen molar-refractivity contribution in [2.75, 3.05) is 13.2 Å². The first-order chi connectivity index (χ1) is 25.4. The molecule has 6 N–H and O–H groups in total. The number of carbonyl (C=O) groups excluding carboxylic acids is 2. The van der Waals surface area contributed by atoms with E-state index in [0.29, 0.717) is 12.8 Å². The second kappa shape index (κ2) is 30.3. The molecule has 0 aromatic rings. The van der Waals surface area contributed by atoms with Crippen LogP contribution in [0.3, 0.4) is 0 Å². The highest BCUT2D eigenvalue weighted by Gasteiger charge is 2.51. The van der Waals surface area contributed by atoms with E-state index in [-0.39, 0.29) is 12.8 Å². The number of carbonyl (C=O) groups is 2. The van der Waals surface area contributed by atoms with E-state index >= 15 is 0 Å². The largest absolute Gasteiger partial charge is 0.472 e. The van der Waals surface area contributed by atoms with Gasteiger partial charge in [0.05, 0.1) is 6.61 Å². The number of aliphatic hydroxyl groups excluding tert-OH is 5. The Labute approximate surface area is 317 Å². The maximum atomic E-state index is 12.7. The summed E-state index contributed by atoms with van der Waals surface area (Å²) in [5.74, 6) is -1.19. The molecule has 1 aliphatic rings. The van der Waals surface area contributed by atoms with Gasteiger partial charge in [-0.1, -0.05) is 115 Å². The Balaban J connectivity index is 2.59. The molecule has 0 radical (unpaired) electrons. The Kier molecular flexibility index (Phi) is 28.1. The van der Waals surface area contributed by atoms with Gasteiger partial charge in [0.1, 0.15) is 43.2 Å². The first-order valence-electron chi connectivity index (χ1n) is 19.8. The van der Waals surface area contributed by atoms with E-state index in [1.807, 2.05) is 12.2 Å².